The number of ether oxygens (including phenoxy) is 4. The molecular formula is C25H23F2NO7. The van der Waals surface area contributed by atoms with Crippen LogP contribution in [0.2, 0.25) is 0 Å². The van der Waals surface area contributed by atoms with Crippen LogP contribution in [0, 0.1) is 5.92 Å². The molecule has 2 aliphatic heterocycles. The Morgan fingerprint density at radius 3 is 2.43 bits per heavy atom. The van der Waals surface area contributed by atoms with Gasteiger partial charge < -0.3 is 29.4 Å². The zero-order chi connectivity index (χ0) is 24.6. The number of hydrogen-bond acceptors (Lipinski definition) is 6. The summed E-state index contributed by atoms with van der Waals surface area (Å²) in [7, 11) is 1.54. The minimum Gasteiger partial charge on any atom is -0.497 e. The molecule has 2 aromatic rings. The Kier molecular flexibility index (Phi) is 4.53. The molecule has 1 atom stereocenters. The van der Waals surface area contributed by atoms with Gasteiger partial charge in [0.05, 0.1) is 24.5 Å². The summed E-state index contributed by atoms with van der Waals surface area (Å²) in [6.07, 6.45) is -1.44. The second-order valence-electron chi connectivity index (χ2n) is 9.77. The van der Waals surface area contributed by atoms with E-state index in [1.54, 1.807) is 25.3 Å². The van der Waals surface area contributed by atoms with Gasteiger partial charge in [-0.2, -0.15) is 0 Å². The van der Waals surface area contributed by atoms with Gasteiger partial charge in [-0.05, 0) is 42.7 Å². The van der Waals surface area contributed by atoms with Crippen molar-refractivity contribution in [3.05, 3.63) is 47.5 Å². The van der Waals surface area contributed by atoms with Gasteiger partial charge in [-0.1, -0.05) is 6.07 Å². The number of aliphatic carboxylic acids is 1. The number of amides is 1. The van der Waals surface area contributed by atoms with Gasteiger partial charge in [0.2, 0.25) is 5.91 Å². The highest BCUT2D eigenvalue weighted by molar-refractivity contribution is 5.92. The maximum Gasteiger partial charge on any atom is 0.586 e. The molecule has 0 bridgehead atoms. The second kappa shape index (κ2) is 7.22. The summed E-state index contributed by atoms with van der Waals surface area (Å²) in [5, 5.41) is 12.5. The number of alkyl halides is 2. The third-order valence-electron chi connectivity index (χ3n) is 7.53. The van der Waals surface area contributed by atoms with Crippen LogP contribution >= 0.6 is 0 Å². The molecule has 10 heteroatoms. The predicted molar refractivity (Wildman–Crippen MR) is 116 cm³/mol. The molecule has 2 saturated carbocycles. The number of halogens is 2. The lowest BCUT2D eigenvalue weighted by Crippen LogP contribution is -2.56. The molecule has 2 N–H and O–H groups in total. The van der Waals surface area contributed by atoms with Crippen LogP contribution in [0.3, 0.4) is 0 Å². The van der Waals surface area contributed by atoms with Crippen molar-refractivity contribution >= 4 is 11.9 Å². The average Bonchev–Trinajstić information content (AvgIpc) is 3.53. The van der Waals surface area contributed by atoms with Crippen LogP contribution in [-0.4, -0.2) is 36.0 Å². The van der Waals surface area contributed by atoms with Crippen LogP contribution in [0.1, 0.15) is 49.3 Å². The SMILES string of the molecule is COc1ccc2c(c1)OC1(CC(C(=O)O)C1)CC2NC(=O)C1(c2ccc3c(c2)OC(F)(F)O3)CC1. The number of carbonyl (C=O) groups excluding carboxylic acids is 1. The number of hydrogen-bond donors (Lipinski definition) is 2. The van der Waals surface area contributed by atoms with E-state index >= 15 is 0 Å². The third kappa shape index (κ3) is 3.54. The minimum atomic E-state index is -3.72. The van der Waals surface area contributed by atoms with Crippen molar-refractivity contribution in [1.82, 2.24) is 5.32 Å². The molecule has 2 aromatic carbocycles. The van der Waals surface area contributed by atoms with E-state index in [0.29, 0.717) is 49.2 Å². The number of benzene rings is 2. The van der Waals surface area contributed by atoms with Crippen LogP contribution in [0.5, 0.6) is 23.0 Å². The van der Waals surface area contributed by atoms with Crippen LogP contribution in [-0.2, 0) is 15.0 Å². The fourth-order valence-corrected chi connectivity index (χ4v) is 5.48. The molecular weight excluding hydrogens is 464 g/mol. The number of carboxylic acids is 1. The summed E-state index contributed by atoms with van der Waals surface area (Å²) in [6.45, 7) is 0. The number of methoxy groups -OCH3 is 1. The second-order valence-corrected chi connectivity index (χ2v) is 9.77. The Hall–Kier alpha value is -3.56. The van der Waals surface area contributed by atoms with Crippen molar-refractivity contribution in [3.63, 3.8) is 0 Å². The quantitative estimate of drug-likeness (QED) is 0.659. The minimum absolute atomic E-state index is 0.0674. The van der Waals surface area contributed by atoms with Crippen molar-refractivity contribution in [2.24, 2.45) is 5.92 Å². The Bertz CT molecular complexity index is 1240. The fraction of sp³-hybridized carbons (Fsp3) is 0.440. The van der Waals surface area contributed by atoms with E-state index in [1.807, 2.05) is 6.07 Å². The summed E-state index contributed by atoms with van der Waals surface area (Å²) in [6, 6.07) is 9.41. The molecule has 6 rings (SSSR count). The summed E-state index contributed by atoms with van der Waals surface area (Å²) >= 11 is 0. The van der Waals surface area contributed by atoms with Crippen molar-refractivity contribution < 1.29 is 42.4 Å². The molecule has 8 nitrogen and oxygen atoms in total. The van der Waals surface area contributed by atoms with E-state index in [4.69, 9.17) is 9.47 Å². The summed E-state index contributed by atoms with van der Waals surface area (Å²) < 4.78 is 47.5. The lowest BCUT2D eigenvalue weighted by molar-refractivity contribution is -0.286. The van der Waals surface area contributed by atoms with Crippen molar-refractivity contribution in [2.75, 3.05) is 7.11 Å². The first-order valence-corrected chi connectivity index (χ1v) is 11.4. The molecule has 1 unspecified atom stereocenters. The molecule has 0 aromatic heterocycles. The van der Waals surface area contributed by atoms with Crippen molar-refractivity contribution in [2.45, 2.75) is 55.5 Å². The van der Waals surface area contributed by atoms with Crippen molar-refractivity contribution in [3.8, 4) is 23.0 Å². The van der Waals surface area contributed by atoms with Crippen LogP contribution in [0.4, 0.5) is 8.78 Å². The van der Waals surface area contributed by atoms with Crippen molar-refractivity contribution in [1.29, 1.82) is 0 Å². The largest absolute Gasteiger partial charge is 0.586 e. The van der Waals surface area contributed by atoms with Gasteiger partial charge in [-0.15, -0.1) is 8.78 Å². The molecule has 1 spiro atoms. The smallest absolute Gasteiger partial charge is 0.497 e. The average molecular weight is 487 g/mol. The van der Waals surface area contributed by atoms with Crippen LogP contribution in [0.15, 0.2) is 36.4 Å². The summed E-state index contributed by atoms with van der Waals surface area (Å²) in [5.74, 6) is -0.580. The van der Waals surface area contributed by atoms with Gasteiger partial charge in [0.1, 0.15) is 17.1 Å². The van der Waals surface area contributed by atoms with E-state index in [9.17, 15) is 23.5 Å². The van der Waals surface area contributed by atoms with E-state index < -0.39 is 35.2 Å². The number of nitrogens with one attached hydrogen (secondary N) is 1. The third-order valence-corrected chi connectivity index (χ3v) is 7.53. The Labute approximate surface area is 199 Å². The van der Waals surface area contributed by atoms with Gasteiger partial charge in [-0.3, -0.25) is 9.59 Å². The zero-order valence-electron chi connectivity index (χ0n) is 18.8. The van der Waals surface area contributed by atoms with Gasteiger partial charge in [0, 0.05) is 30.9 Å². The molecule has 4 aliphatic rings. The van der Waals surface area contributed by atoms with Gasteiger partial charge in [0.25, 0.3) is 0 Å². The lowest BCUT2D eigenvalue weighted by Gasteiger charge is -2.50. The number of rotatable bonds is 5. The highest BCUT2D eigenvalue weighted by atomic mass is 19.3. The van der Waals surface area contributed by atoms with Gasteiger partial charge in [-0.25, -0.2) is 0 Å². The van der Waals surface area contributed by atoms with Crippen LogP contribution in [0.25, 0.3) is 0 Å². The Morgan fingerprint density at radius 2 is 1.74 bits per heavy atom. The first-order valence-electron chi connectivity index (χ1n) is 11.4. The maximum atomic E-state index is 13.6. The lowest BCUT2D eigenvalue weighted by atomic mass is 9.66. The molecule has 35 heavy (non-hydrogen) atoms. The topological polar surface area (TPSA) is 103 Å². The fourth-order valence-electron chi connectivity index (χ4n) is 5.48. The standard InChI is InChI=1S/C25H23F2NO7/c1-32-15-3-4-16-17(12-23(33-19(16)9-15)10-13(11-23)21(29)30)28-22(31)24(6-7-24)14-2-5-18-20(8-14)35-25(26,27)34-18/h2-5,8-9,13,17H,6-7,10-12H2,1H3,(H,28,31)(H,29,30). The van der Waals surface area contributed by atoms with E-state index in [1.165, 1.54) is 12.1 Å². The normalized spacial score (nSPS) is 28.3. The summed E-state index contributed by atoms with van der Waals surface area (Å²) in [4.78, 5) is 25.0. The predicted octanol–water partition coefficient (Wildman–Crippen LogP) is 3.92. The number of carboxylic acid groups (broad SMARTS) is 1. The van der Waals surface area contributed by atoms with E-state index in [2.05, 4.69) is 14.8 Å². The van der Waals surface area contributed by atoms with E-state index in [-0.39, 0.29) is 17.4 Å². The van der Waals surface area contributed by atoms with Crippen LogP contribution < -0.4 is 24.3 Å². The number of carbonyl (C=O) groups is 2. The highest BCUT2D eigenvalue weighted by Crippen LogP contribution is 2.55. The van der Waals surface area contributed by atoms with Gasteiger partial charge in [0.15, 0.2) is 11.5 Å². The Morgan fingerprint density at radius 1 is 1.00 bits per heavy atom. The zero-order valence-corrected chi connectivity index (χ0v) is 18.8. The number of fused-ring (bicyclic) bond motifs is 2. The summed E-state index contributed by atoms with van der Waals surface area (Å²) in [5.41, 5.74) is -0.162. The molecule has 0 radical (unpaired) electrons. The molecule has 1 amide bonds. The molecule has 184 valence electrons. The first kappa shape index (κ1) is 21.9. The Balaban J connectivity index is 1.27. The maximum absolute atomic E-state index is 13.6. The first-order chi connectivity index (χ1) is 16.6. The molecule has 2 fully saturated rings. The molecule has 2 heterocycles. The highest BCUT2D eigenvalue weighted by Gasteiger charge is 2.56. The monoisotopic (exact) mass is 487 g/mol. The molecule has 2 aliphatic carbocycles. The van der Waals surface area contributed by atoms with Gasteiger partial charge >= 0.3 is 12.3 Å². The van der Waals surface area contributed by atoms with E-state index in [0.717, 1.165) is 5.56 Å². The molecule has 0 saturated heterocycles.